The monoisotopic (exact) mass is 752 g/mol. The Balaban J connectivity index is 1.26. The molecule has 19 heteroatoms. The summed E-state index contributed by atoms with van der Waals surface area (Å²) in [6.45, 7) is 4.67. The number of nitrogens with zero attached hydrogens (tertiary/aromatic N) is 9. The number of nitrogens with one attached hydrogen (secondary N) is 1. The summed E-state index contributed by atoms with van der Waals surface area (Å²) >= 11 is 6.14. The fourth-order valence-corrected chi connectivity index (χ4v) is 6.67. The van der Waals surface area contributed by atoms with Gasteiger partial charge in [-0.1, -0.05) is 18.5 Å². The Hall–Kier alpha value is -5.62. The molecular formula is C34H32ClF3N10O5. The number of ether oxygens (including phenoxy) is 1. The number of halogens is 4. The fraction of sp³-hybridized carbons (Fsp3) is 0.353. The summed E-state index contributed by atoms with van der Waals surface area (Å²) in [5, 5.41) is 17.2. The van der Waals surface area contributed by atoms with Gasteiger partial charge < -0.3 is 29.5 Å². The summed E-state index contributed by atoms with van der Waals surface area (Å²) in [4.78, 5) is 61.6. The van der Waals surface area contributed by atoms with E-state index in [0.29, 0.717) is 30.9 Å². The van der Waals surface area contributed by atoms with Gasteiger partial charge in [0.05, 0.1) is 46.6 Å². The second-order valence-electron chi connectivity index (χ2n) is 12.5. The zero-order valence-corrected chi connectivity index (χ0v) is 29.2. The quantitative estimate of drug-likeness (QED) is 0.249. The van der Waals surface area contributed by atoms with E-state index in [9.17, 15) is 32.7 Å². The second-order valence-corrected chi connectivity index (χ2v) is 12.9. The predicted octanol–water partition coefficient (Wildman–Crippen LogP) is 3.67. The van der Waals surface area contributed by atoms with Gasteiger partial charge in [0.25, 0.3) is 11.5 Å². The number of benzene rings is 1. The minimum Gasteiger partial charge on any atom is -0.504 e. The third-order valence-corrected chi connectivity index (χ3v) is 9.51. The first-order chi connectivity index (χ1) is 25.3. The lowest BCUT2D eigenvalue weighted by Gasteiger charge is -2.36. The average Bonchev–Trinajstić information content (AvgIpc) is 3.60. The van der Waals surface area contributed by atoms with Crippen LogP contribution < -0.4 is 15.8 Å². The second kappa shape index (κ2) is 14.1. The summed E-state index contributed by atoms with van der Waals surface area (Å²) < 4.78 is 47.9. The standard InChI is InChI=1S/C34H32ClF3N10O5/c1-3-25-28(45-7-9-46(10-8-45)31(51)27-29(50)18(2)40-17-41-27)32(52)48-33(43-30(44-48)20-12-19-6-11-53-16-24(19)39-14-20)47(25)15-26(49)42-23-5-4-21(13-22(23)35)34(36,37)38/h4-5,12-14,17,50H,3,6-11,15-16H2,1-2H3,(H,42,49). The molecule has 2 aliphatic heterocycles. The van der Waals surface area contributed by atoms with E-state index in [-0.39, 0.29) is 77.7 Å². The Labute approximate surface area is 304 Å². The molecular weight excluding hydrogens is 721 g/mol. The number of aromatic hydroxyl groups is 1. The van der Waals surface area contributed by atoms with Gasteiger partial charge in [-0.2, -0.15) is 22.7 Å². The molecule has 7 rings (SSSR count). The van der Waals surface area contributed by atoms with Crippen molar-refractivity contribution >= 4 is 40.6 Å². The molecule has 276 valence electrons. The fourth-order valence-electron chi connectivity index (χ4n) is 6.44. The van der Waals surface area contributed by atoms with Gasteiger partial charge in [0.1, 0.15) is 18.6 Å². The molecule has 0 unspecified atom stereocenters. The Morgan fingerprint density at radius 1 is 1.09 bits per heavy atom. The number of pyridine rings is 1. The molecule has 0 aliphatic carbocycles. The molecule has 15 nitrogen and oxygen atoms in total. The molecule has 0 spiro atoms. The number of hydrogen-bond donors (Lipinski definition) is 2. The number of fused-ring (bicyclic) bond motifs is 2. The van der Waals surface area contributed by atoms with Crippen LogP contribution in [0.2, 0.25) is 5.02 Å². The summed E-state index contributed by atoms with van der Waals surface area (Å²) in [7, 11) is 0. The van der Waals surface area contributed by atoms with Crippen molar-refractivity contribution in [2.75, 3.05) is 43.0 Å². The average molecular weight is 753 g/mol. The van der Waals surface area contributed by atoms with Crippen LogP contribution >= 0.6 is 11.6 Å². The Morgan fingerprint density at radius 3 is 2.58 bits per heavy atom. The van der Waals surface area contributed by atoms with Crippen LogP contribution in [0.25, 0.3) is 17.2 Å². The predicted molar refractivity (Wildman–Crippen MR) is 185 cm³/mol. The molecule has 4 aromatic heterocycles. The highest BCUT2D eigenvalue weighted by atomic mass is 35.5. The van der Waals surface area contributed by atoms with E-state index < -0.39 is 35.7 Å². The number of rotatable bonds is 7. The molecule has 0 atom stereocenters. The van der Waals surface area contributed by atoms with Gasteiger partial charge >= 0.3 is 6.18 Å². The van der Waals surface area contributed by atoms with Gasteiger partial charge in [0.2, 0.25) is 11.7 Å². The molecule has 53 heavy (non-hydrogen) atoms. The van der Waals surface area contributed by atoms with E-state index in [0.717, 1.165) is 34.0 Å². The van der Waals surface area contributed by atoms with Crippen molar-refractivity contribution in [2.24, 2.45) is 0 Å². The Bertz CT molecular complexity index is 2320. The largest absolute Gasteiger partial charge is 0.504 e. The van der Waals surface area contributed by atoms with E-state index in [4.69, 9.17) is 21.3 Å². The van der Waals surface area contributed by atoms with Crippen LogP contribution in [0, 0.1) is 6.92 Å². The molecule has 6 heterocycles. The molecule has 2 N–H and O–H groups in total. The first-order valence-corrected chi connectivity index (χ1v) is 17.0. The summed E-state index contributed by atoms with van der Waals surface area (Å²) in [6.07, 6.45) is -0.927. The van der Waals surface area contributed by atoms with Crippen LogP contribution in [0.5, 0.6) is 5.75 Å². The lowest BCUT2D eigenvalue weighted by Crippen LogP contribution is -2.51. The van der Waals surface area contributed by atoms with E-state index in [1.54, 1.807) is 22.6 Å². The summed E-state index contributed by atoms with van der Waals surface area (Å²) in [5.41, 5.74) is 1.64. The SMILES string of the molecule is CCc1c(N2CCN(C(=O)c3ncnc(C)c3O)CC2)c(=O)n2nc(-c3cnc4c(c3)CCOC4)nc2n1CC(=O)Nc1ccc(C(F)(F)F)cc1Cl. The number of carbonyl (C=O) groups excluding carboxylic acids is 2. The molecule has 2 aliphatic rings. The third-order valence-electron chi connectivity index (χ3n) is 9.20. The highest BCUT2D eigenvalue weighted by molar-refractivity contribution is 6.33. The van der Waals surface area contributed by atoms with E-state index >= 15 is 0 Å². The topological polar surface area (TPSA) is 173 Å². The van der Waals surface area contributed by atoms with Crippen LogP contribution in [0.3, 0.4) is 0 Å². The van der Waals surface area contributed by atoms with E-state index in [1.165, 1.54) is 11.2 Å². The van der Waals surface area contributed by atoms with Crippen molar-refractivity contribution in [3.8, 4) is 17.1 Å². The van der Waals surface area contributed by atoms with Crippen LogP contribution in [-0.2, 0) is 41.7 Å². The Morgan fingerprint density at radius 2 is 1.87 bits per heavy atom. The van der Waals surface area contributed by atoms with Crippen LogP contribution in [-0.4, -0.2) is 88.7 Å². The van der Waals surface area contributed by atoms with Crippen molar-refractivity contribution in [2.45, 2.75) is 46.0 Å². The zero-order valence-electron chi connectivity index (χ0n) is 28.4. The summed E-state index contributed by atoms with van der Waals surface area (Å²) in [6, 6.07) is 4.51. The van der Waals surface area contributed by atoms with Crippen molar-refractivity contribution in [1.29, 1.82) is 0 Å². The van der Waals surface area contributed by atoms with Gasteiger partial charge in [-0.15, -0.1) is 5.10 Å². The number of aromatic nitrogens is 7. The van der Waals surface area contributed by atoms with Gasteiger partial charge in [-0.3, -0.25) is 19.4 Å². The first kappa shape index (κ1) is 35.8. The normalized spacial score (nSPS) is 14.8. The maximum Gasteiger partial charge on any atom is 0.416 e. The van der Waals surface area contributed by atoms with Gasteiger partial charge in [-0.05, 0) is 49.6 Å². The Kier molecular flexibility index (Phi) is 9.50. The van der Waals surface area contributed by atoms with Gasteiger partial charge in [0, 0.05) is 37.9 Å². The number of anilines is 2. The van der Waals surface area contributed by atoms with Crippen molar-refractivity contribution in [1.82, 2.24) is 39.0 Å². The van der Waals surface area contributed by atoms with E-state index in [2.05, 4.69) is 25.4 Å². The van der Waals surface area contributed by atoms with Crippen LogP contribution in [0.1, 0.15) is 45.6 Å². The number of piperazine rings is 1. The minimum atomic E-state index is -4.62. The van der Waals surface area contributed by atoms with E-state index in [1.807, 2.05) is 13.0 Å². The molecule has 1 fully saturated rings. The van der Waals surface area contributed by atoms with Crippen molar-refractivity contribution in [3.05, 3.63) is 86.1 Å². The minimum absolute atomic E-state index is 0.0306. The van der Waals surface area contributed by atoms with Crippen molar-refractivity contribution in [3.63, 3.8) is 0 Å². The number of aryl methyl sites for hydroxylation is 1. The highest BCUT2D eigenvalue weighted by Gasteiger charge is 2.32. The molecule has 2 amide bonds. The van der Waals surface area contributed by atoms with Gasteiger partial charge in [0.15, 0.2) is 17.3 Å². The number of amides is 2. The molecule has 1 aromatic carbocycles. The third kappa shape index (κ3) is 6.86. The molecule has 5 aromatic rings. The molecule has 1 saturated heterocycles. The lowest BCUT2D eigenvalue weighted by molar-refractivity contribution is -0.137. The molecule has 0 bridgehead atoms. The van der Waals surface area contributed by atoms with Crippen LogP contribution in [0.15, 0.2) is 41.6 Å². The highest BCUT2D eigenvalue weighted by Crippen LogP contribution is 2.34. The van der Waals surface area contributed by atoms with Gasteiger partial charge in [-0.25, -0.2) is 9.97 Å². The first-order valence-electron chi connectivity index (χ1n) is 16.6. The molecule has 0 saturated carbocycles. The maximum atomic E-state index is 14.3. The lowest BCUT2D eigenvalue weighted by atomic mass is 10.1. The maximum absolute atomic E-state index is 14.3. The zero-order chi connectivity index (χ0) is 37.6. The van der Waals surface area contributed by atoms with Crippen LogP contribution in [0.4, 0.5) is 24.5 Å². The number of carbonyl (C=O) groups is 2. The number of hydrogen-bond acceptors (Lipinski definition) is 11. The smallest absolute Gasteiger partial charge is 0.416 e. The number of alkyl halides is 3. The molecule has 0 radical (unpaired) electrons. The van der Waals surface area contributed by atoms with Crippen molar-refractivity contribution < 1.29 is 32.6 Å². The summed E-state index contributed by atoms with van der Waals surface area (Å²) in [5.74, 6) is -1.18.